The van der Waals surface area contributed by atoms with Gasteiger partial charge in [0.25, 0.3) is 0 Å². The summed E-state index contributed by atoms with van der Waals surface area (Å²) in [5.74, 6) is 0. The molecule has 1 unspecified atom stereocenters. The molecule has 0 aliphatic carbocycles. The van der Waals surface area contributed by atoms with Crippen LogP contribution in [0.4, 0.5) is 13.2 Å². The second-order valence-corrected chi connectivity index (χ2v) is 2.64. The number of halogens is 3. The van der Waals surface area contributed by atoms with Gasteiger partial charge in [-0.3, -0.25) is 0 Å². The maximum atomic E-state index is 11.6. The molecule has 1 atom stereocenters. The second-order valence-electron chi connectivity index (χ2n) is 2.64. The van der Waals surface area contributed by atoms with Gasteiger partial charge < -0.3 is 5.11 Å². The average molecular weight is 156 g/mol. The minimum atomic E-state index is -4.26. The van der Waals surface area contributed by atoms with Gasteiger partial charge in [-0.05, 0) is 13.3 Å². The number of rotatable bonds is 2. The van der Waals surface area contributed by atoms with Crippen molar-refractivity contribution >= 4 is 0 Å². The third-order valence-corrected chi connectivity index (χ3v) is 1.34. The van der Waals surface area contributed by atoms with Crippen LogP contribution in [0.1, 0.15) is 26.7 Å². The zero-order valence-corrected chi connectivity index (χ0v) is 6.00. The van der Waals surface area contributed by atoms with Crippen LogP contribution in [0.3, 0.4) is 0 Å². The molecular weight excluding hydrogens is 145 g/mol. The van der Waals surface area contributed by atoms with Crippen molar-refractivity contribution in [1.82, 2.24) is 0 Å². The smallest absolute Gasteiger partial charge is 0.390 e. The van der Waals surface area contributed by atoms with Crippen LogP contribution in [0, 0.1) is 0 Å². The topological polar surface area (TPSA) is 20.2 Å². The highest BCUT2D eigenvalue weighted by Crippen LogP contribution is 2.28. The summed E-state index contributed by atoms with van der Waals surface area (Å²) in [6.45, 7) is 2.70. The van der Waals surface area contributed by atoms with Crippen molar-refractivity contribution in [3.8, 4) is 0 Å². The van der Waals surface area contributed by atoms with Gasteiger partial charge in [-0.25, -0.2) is 0 Å². The van der Waals surface area contributed by atoms with E-state index in [0.29, 0.717) is 0 Å². The van der Waals surface area contributed by atoms with Crippen LogP contribution in [0.2, 0.25) is 0 Å². The summed E-state index contributed by atoms with van der Waals surface area (Å²) in [7, 11) is 0. The van der Waals surface area contributed by atoms with Crippen LogP contribution in [0.5, 0.6) is 0 Å². The van der Waals surface area contributed by atoms with Gasteiger partial charge in [0.2, 0.25) is 0 Å². The summed E-state index contributed by atoms with van der Waals surface area (Å²) in [5.41, 5.74) is -1.60. The zero-order chi connectivity index (χ0) is 8.41. The fraction of sp³-hybridized carbons (Fsp3) is 1.00. The molecule has 0 bridgehead atoms. The number of hydrogen-bond acceptors (Lipinski definition) is 1. The van der Waals surface area contributed by atoms with E-state index < -0.39 is 18.2 Å². The number of alkyl halides is 3. The first-order chi connectivity index (χ1) is 4.27. The molecule has 1 N–H and O–H groups in total. The first kappa shape index (κ1) is 9.75. The van der Waals surface area contributed by atoms with Crippen LogP contribution in [-0.4, -0.2) is 16.9 Å². The van der Waals surface area contributed by atoms with Crippen LogP contribution < -0.4 is 0 Å². The van der Waals surface area contributed by atoms with Crippen molar-refractivity contribution in [2.24, 2.45) is 0 Å². The molecule has 0 rings (SSSR count). The minimum Gasteiger partial charge on any atom is -0.390 e. The van der Waals surface area contributed by atoms with E-state index in [1.165, 1.54) is 13.8 Å². The molecule has 0 heterocycles. The predicted octanol–water partition coefficient (Wildman–Crippen LogP) is 2.10. The van der Waals surface area contributed by atoms with Gasteiger partial charge in [0.05, 0.1) is 12.0 Å². The van der Waals surface area contributed by atoms with Crippen LogP contribution in [0.25, 0.3) is 0 Å². The Morgan fingerprint density at radius 3 is 1.80 bits per heavy atom. The van der Waals surface area contributed by atoms with E-state index in [9.17, 15) is 13.2 Å². The van der Waals surface area contributed by atoms with Crippen molar-refractivity contribution in [1.29, 1.82) is 0 Å². The van der Waals surface area contributed by atoms with Crippen LogP contribution in [0.15, 0.2) is 0 Å². The van der Waals surface area contributed by atoms with Gasteiger partial charge in [0.1, 0.15) is 0 Å². The van der Waals surface area contributed by atoms with Gasteiger partial charge in [-0.2, -0.15) is 13.2 Å². The zero-order valence-electron chi connectivity index (χ0n) is 6.00. The molecule has 0 aliphatic rings. The lowest BCUT2D eigenvalue weighted by Gasteiger charge is -2.22. The maximum absolute atomic E-state index is 11.6. The predicted molar refractivity (Wildman–Crippen MR) is 31.6 cm³/mol. The summed E-state index contributed by atoms with van der Waals surface area (Å²) in [6, 6.07) is 0. The Morgan fingerprint density at radius 1 is 1.30 bits per heavy atom. The maximum Gasteiger partial charge on any atom is 0.391 e. The van der Waals surface area contributed by atoms with Gasteiger partial charge in [-0.1, -0.05) is 6.92 Å². The van der Waals surface area contributed by atoms with Crippen molar-refractivity contribution in [3.63, 3.8) is 0 Å². The molecular formula is C6H11F3O. The summed E-state index contributed by atoms with van der Waals surface area (Å²) < 4.78 is 34.7. The number of aliphatic hydroxyl groups is 1. The van der Waals surface area contributed by atoms with Crippen LogP contribution in [-0.2, 0) is 0 Å². The summed E-state index contributed by atoms with van der Waals surface area (Å²) in [4.78, 5) is 0. The van der Waals surface area contributed by atoms with E-state index in [0.717, 1.165) is 0 Å². The third-order valence-electron chi connectivity index (χ3n) is 1.34. The Morgan fingerprint density at radius 2 is 1.70 bits per heavy atom. The Bertz CT molecular complexity index is 106. The van der Waals surface area contributed by atoms with Crippen molar-refractivity contribution in [2.75, 3.05) is 0 Å². The van der Waals surface area contributed by atoms with E-state index in [1.807, 2.05) is 0 Å². The molecule has 0 aliphatic heterocycles. The Labute approximate surface area is 57.9 Å². The van der Waals surface area contributed by atoms with Crippen molar-refractivity contribution < 1.29 is 18.3 Å². The Balaban J connectivity index is 3.89. The molecule has 0 saturated heterocycles. The lowest BCUT2D eigenvalue weighted by atomic mass is 9.99. The average Bonchev–Trinajstić information content (AvgIpc) is 1.60. The molecule has 0 spiro atoms. The molecule has 62 valence electrons. The highest BCUT2D eigenvalue weighted by molar-refractivity contribution is 4.73. The normalized spacial score (nSPS) is 18.6. The molecule has 0 saturated carbocycles. The third kappa shape index (κ3) is 4.61. The van der Waals surface area contributed by atoms with Crippen molar-refractivity contribution in [3.05, 3.63) is 0 Å². The van der Waals surface area contributed by atoms with Crippen molar-refractivity contribution in [2.45, 2.75) is 38.5 Å². The summed E-state index contributed by atoms with van der Waals surface area (Å²) in [5, 5.41) is 8.94. The first-order valence-electron chi connectivity index (χ1n) is 3.06. The quantitative estimate of drug-likeness (QED) is 0.649. The standard InChI is InChI=1S/C6H11F3O/c1-3-5(2,10)4-6(7,8)9/h10H,3-4H2,1-2H3. The fourth-order valence-corrected chi connectivity index (χ4v) is 0.557. The van der Waals surface area contributed by atoms with E-state index in [2.05, 4.69) is 0 Å². The highest BCUT2D eigenvalue weighted by Gasteiger charge is 2.36. The van der Waals surface area contributed by atoms with E-state index >= 15 is 0 Å². The summed E-state index contributed by atoms with van der Waals surface area (Å²) in [6.07, 6.45) is -5.28. The molecule has 0 radical (unpaired) electrons. The van der Waals surface area contributed by atoms with Crippen LogP contribution >= 0.6 is 0 Å². The van der Waals surface area contributed by atoms with Gasteiger partial charge >= 0.3 is 6.18 Å². The molecule has 0 aromatic heterocycles. The first-order valence-corrected chi connectivity index (χ1v) is 3.06. The lowest BCUT2D eigenvalue weighted by molar-refractivity contribution is -0.172. The SMILES string of the molecule is CCC(C)(O)CC(F)(F)F. The molecule has 0 amide bonds. The summed E-state index contributed by atoms with van der Waals surface area (Å²) >= 11 is 0. The van der Waals surface area contributed by atoms with E-state index in [-0.39, 0.29) is 6.42 Å². The van der Waals surface area contributed by atoms with E-state index in [4.69, 9.17) is 5.11 Å². The molecule has 1 nitrogen and oxygen atoms in total. The van der Waals surface area contributed by atoms with Gasteiger partial charge in [-0.15, -0.1) is 0 Å². The van der Waals surface area contributed by atoms with Gasteiger partial charge in [0.15, 0.2) is 0 Å². The molecule has 4 heteroatoms. The minimum absolute atomic E-state index is 0.118. The molecule has 0 aromatic carbocycles. The molecule has 0 aromatic rings. The lowest BCUT2D eigenvalue weighted by Crippen LogP contribution is -2.30. The van der Waals surface area contributed by atoms with E-state index in [1.54, 1.807) is 0 Å². The fourth-order valence-electron chi connectivity index (χ4n) is 0.557. The molecule has 10 heavy (non-hydrogen) atoms. The highest BCUT2D eigenvalue weighted by atomic mass is 19.4. The Kier molecular flexibility index (Phi) is 2.71. The second kappa shape index (κ2) is 2.78. The Hall–Kier alpha value is -0.250. The molecule has 0 fully saturated rings. The largest absolute Gasteiger partial charge is 0.391 e. The number of hydrogen-bond donors (Lipinski definition) is 1. The van der Waals surface area contributed by atoms with Gasteiger partial charge in [0, 0.05) is 0 Å². The monoisotopic (exact) mass is 156 g/mol.